The molecule has 2 rings (SSSR count). The third-order valence-electron chi connectivity index (χ3n) is 6.98. The molecule has 246 valence electrons. The lowest BCUT2D eigenvalue weighted by molar-refractivity contribution is -0.141. The molecule has 1 aromatic heterocycles. The molecule has 0 aliphatic heterocycles. The average Bonchev–Trinajstić information content (AvgIpc) is 3.02. The van der Waals surface area contributed by atoms with E-state index in [0.717, 1.165) is 37.8 Å². The van der Waals surface area contributed by atoms with E-state index in [4.69, 9.17) is 9.31 Å². The van der Waals surface area contributed by atoms with Gasteiger partial charge in [-0.3, -0.25) is 29.1 Å². The Labute approximate surface area is 267 Å². The molecule has 0 fully saturated rings. The maximum atomic E-state index is 13.8. The van der Waals surface area contributed by atoms with Crippen LogP contribution in [-0.4, -0.2) is 91.5 Å². The molecule has 1 heterocycles. The van der Waals surface area contributed by atoms with Gasteiger partial charge in [0.15, 0.2) is 0 Å². The number of carbonyl (C=O) groups excluding carboxylic acids is 4. The highest BCUT2D eigenvalue weighted by Gasteiger charge is 2.40. The fraction of sp³-hybridized carbons (Fsp3) is 0.562. The normalized spacial score (nSPS) is 12.3. The number of likely N-dealkylation sites (N-methyl/N-ethyl adjacent to an activating group) is 1. The predicted octanol–water partition coefficient (Wildman–Crippen LogP) is 2.58. The summed E-state index contributed by atoms with van der Waals surface area (Å²) in [5.41, 5.74) is 0.885. The molecule has 1 aromatic carbocycles. The lowest BCUT2D eigenvalue weighted by atomic mass is 9.73. The molecule has 0 radical (unpaired) electrons. The van der Waals surface area contributed by atoms with E-state index in [1.807, 2.05) is 63.2 Å². The molecule has 2 aromatic rings. The molecule has 0 aliphatic carbocycles. The number of unbranched alkanes of at least 4 members (excludes halogenated alkanes) is 3. The highest BCUT2D eigenvalue weighted by molar-refractivity contribution is 6.51. The molecule has 0 aliphatic rings. The molecule has 0 unspecified atom stereocenters. The molecule has 45 heavy (non-hydrogen) atoms. The minimum atomic E-state index is -1.35. The van der Waals surface area contributed by atoms with Crippen LogP contribution in [-0.2, 0) is 30.1 Å². The van der Waals surface area contributed by atoms with Crippen molar-refractivity contribution < 1.29 is 28.5 Å². The third-order valence-corrected chi connectivity index (χ3v) is 6.98. The first kappa shape index (κ1) is 37.4. The maximum Gasteiger partial charge on any atom is 0.622 e. The topological polar surface area (TPSA) is 152 Å². The second-order valence-electron chi connectivity index (χ2n) is 11.5. The van der Waals surface area contributed by atoms with Gasteiger partial charge in [0.1, 0.15) is 11.7 Å². The van der Waals surface area contributed by atoms with Gasteiger partial charge in [0.2, 0.25) is 5.91 Å². The summed E-state index contributed by atoms with van der Waals surface area (Å²) >= 11 is 0. The van der Waals surface area contributed by atoms with E-state index >= 15 is 0 Å². The van der Waals surface area contributed by atoms with Crippen molar-refractivity contribution in [3.05, 3.63) is 60.2 Å². The van der Waals surface area contributed by atoms with E-state index in [2.05, 4.69) is 25.9 Å². The SMILES string of the molecule is CCC(=O)OB(OC(=O)CN(C)CCCCCCNC)[C@H](CC(C)C)NC(=O)[C@H](Cc1ccccc1)NC(=O)c1cnccn1. The summed E-state index contributed by atoms with van der Waals surface area (Å²) in [6.45, 7) is 7.23. The first-order valence-electron chi connectivity index (χ1n) is 15.8. The molecule has 2 atom stereocenters. The third kappa shape index (κ3) is 15.1. The van der Waals surface area contributed by atoms with Crippen molar-refractivity contribution in [1.82, 2.24) is 30.8 Å². The Balaban J connectivity index is 2.19. The van der Waals surface area contributed by atoms with E-state index in [0.29, 0.717) is 13.0 Å². The largest absolute Gasteiger partial charge is 0.622 e. The van der Waals surface area contributed by atoms with Crippen LogP contribution in [0.4, 0.5) is 0 Å². The van der Waals surface area contributed by atoms with E-state index in [1.54, 1.807) is 6.92 Å². The summed E-state index contributed by atoms with van der Waals surface area (Å²) in [6.07, 6.45) is 8.96. The average molecular weight is 625 g/mol. The summed E-state index contributed by atoms with van der Waals surface area (Å²) in [4.78, 5) is 62.0. The van der Waals surface area contributed by atoms with Crippen LogP contribution >= 0.6 is 0 Å². The van der Waals surface area contributed by atoms with E-state index < -0.39 is 42.9 Å². The van der Waals surface area contributed by atoms with Gasteiger partial charge < -0.3 is 25.3 Å². The van der Waals surface area contributed by atoms with Gasteiger partial charge in [0, 0.05) is 25.2 Å². The quantitative estimate of drug-likeness (QED) is 0.140. The zero-order valence-electron chi connectivity index (χ0n) is 27.3. The van der Waals surface area contributed by atoms with Crippen molar-refractivity contribution >= 4 is 30.9 Å². The van der Waals surface area contributed by atoms with Crippen molar-refractivity contribution in [2.24, 2.45) is 5.92 Å². The number of benzene rings is 1. The Morgan fingerprint density at radius 1 is 0.956 bits per heavy atom. The highest BCUT2D eigenvalue weighted by Crippen LogP contribution is 2.13. The van der Waals surface area contributed by atoms with Crippen molar-refractivity contribution in [3.63, 3.8) is 0 Å². The molecular formula is C32H49BN6O6. The second-order valence-corrected chi connectivity index (χ2v) is 11.5. The van der Waals surface area contributed by atoms with Crippen LogP contribution in [0.15, 0.2) is 48.9 Å². The Hall–Kier alpha value is -3.84. The van der Waals surface area contributed by atoms with Gasteiger partial charge in [-0.2, -0.15) is 0 Å². The second kappa shape index (κ2) is 21.0. The number of hydrogen-bond acceptors (Lipinski definition) is 10. The van der Waals surface area contributed by atoms with Gasteiger partial charge >= 0.3 is 13.1 Å². The van der Waals surface area contributed by atoms with Crippen LogP contribution in [0.3, 0.4) is 0 Å². The van der Waals surface area contributed by atoms with Gasteiger partial charge in [-0.1, -0.05) is 63.9 Å². The standard InChI is InChI=1S/C32H49BN6O6/c1-6-29(40)44-33(45-30(41)23-39(5)19-13-8-7-12-16-34-4)28(20-24(2)3)38-31(42)26(21-25-14-10-9-11-15-25)37-32(43)27-22-35-17-18-36-27/h9-11,14-15,17-18,22,24,26,28,34H,6-8,12-13,16,19-21,23H2,1-5H3,(H,37,43)(H,38,42)/t26-,28-/m0/s1. The molecule has 0 saturated heterocycles. The first-order chi connectivity index (χ1) is 21.6. The van der Waals surface area contributed by atoms with Gasteiger partial charge in [-0.15, -0.1) is 0 Å². The molecule has 2 amide bonds. The zero-order chi connectivity index (χ0) is 33.0. The van der Waals surface area contributed by atoms with Crippen molar-refractivity contribution in [2.75, 3.05) is 33.7 Å². The van der Waals surface area contributed by atoms with E-state index in [-0.39, 0.29) is 31.0 Å². The molecule has 13 heteroatoms. The Morgan fingerprint density at radius 2 is 1.67 bits per heavy atom. The maximum absolute atomic E-state index is 13.8. The summed E-state index contributed by atoms with van der Waals surface area (Å²) in [7, 11) is 2.42. The molecule has 0 saturated carbocycles. The van der Waals surface area contributed by atoms with Crippen molar-refractivity contribution in [1.29, 1.82) is 0 Å². The number of carbonyl (C=O) groups is 4. The van der Waals surface area contributed by atoms with Gasteiger partial charge in [-0.25, -0.2) is 4.98 Å². The lowest BCUT2D eigenvalue weighted by Gasteiger charge is -2.28. The van der Waals surface area contributed by atoms with E-state index in [9.17, 15) is 19.2 Å². The molecule has 3 N–H and O–H groups in total. The predicted molar refractivity (Wildman–Crippen MR) is 173 cm³/mol. The Kier molecular flexibility index (Phi) is 17.4. The fourth-order valence-corrected chi connectivity index (χ4v) is 4.64. The van der Waals surface area contributed by atoms with E-state index in [1.165, 1.54) is 18.6 Å². The van der Waals surface area contributed by atoms with Crippen LogP contribution in [0.1, 0.15) is 75.3 Å². The van der Waals surface area contributed by atoms with Crippen LogP contribution in [0.2, 0.25) is 0 Å². The lowest BCUT2D eigenvalue weighted by Crippen LogP contribution is -2.57. The number of nitrogens with zero attached hydrogens (tertiary/aromatic N) is 3. The summed E-state index contributed by atoms with van der Waals surface area (Å²) in [5, 5.41) is 8.80. The minimum Gasteiger partial charge on any atom is -0.498 e. The molecule has 0 spiro atoms. The van der Waals surface area contributed by atoms with Crippen LogP contribution in [0.25, 0.3) is 0 Å². The molecular weight excluding hydrogens is 575 g/mol. The highest BCUT2D eigenvalue weighted by atomic mass is 16.6. The van der Waals surface area contributed by atoms with Crippen LogP contribution in [0, 0.1) is 5.92 Å². The number of aromatic nitrogens is 2. The van der Waals surface area contributed by atoms with Crippen LogP contribution < -0.4 is 16.0 Å². The Morgan fingerprint density at radius 3 is 2.31 bits per heavy atom. The number of rotatable bonds is 21. The van der Waals surface area contributed by atoms with Crippen LogP contribution in [0.5, 0.6) is 0 Å². The zero-order valence-corrected chi connectivity index (χ0v) is 27.3. The Bertz CT molecular complexity index is 1170. The fourth-order valence-electron chi connectivity index (χ4n) is 4.64. The van der Waals surface area contributed by atoms with Gasteiger partial charge in [-0.05, 0) is 57.9 Å². The van der Waals surface area contributed by atoms with Crippen molar-refractivity contribution in [2.45, 2.75) is 77.7 Å². The minimum absolute atomic E-state index is 0.00381. The number of amides is 2. The number of hydrogen-bond donors (Lipinski definition) is 3. The number of nitrogens with one attached hydrogen (secondary N) is 3. The smallest absolute Gasteiger partial charge is 0.498 e. The first-order valence-corrected chi connectivity index (χ1v) is 15.8. The summed E-state index contributed by atoms with van der Waals surface area (Å²) < 4.78 is 11.3. The molecule has 12 nitrogen and oxygen atoms in total. The summed E-state index contributed by atoms with van der Waals surface area (Å²) in [5.74, 6) is -3.04. The monoisotopic (exact) mass is 624 g/mol. The van der Waals surface area contributed by atoms with Gasteiger partial charge in [0.25, 0.3) is 11.9 Å². The summed E-state index contributed by atoms with van der Waals surface area (Å²) in [6, 6.07) is 8.25. The molecule has 0 bridgehead atoms. The van der Waals surface area contributed by atoms with Gasteiger partial charge in [0.05, 0.1) is 18.7 Å². The van der Waals surface area contributed by atoms with Crippen molar-refractivity contribution in [3.8, 4) is 0 Å².